The zero-order chi connectivity index (χ0) is 15.3. The molecule has 2 N–H and O–H groups in total. The molecule has 0 radical (unpaired) electrons. The Morgan fingerprint density at radius 1 is 1.65 bits per heavy atom. The molecule has 1 aromatic heterocycles. The summed E-state index contributed by atoms with van der Waals surface area (Å²) in [7, 11) is 3.16. The van der Waals surface area contributed by atoms with Gasteiger partial charge >= 0.3 is 12.0 Å². The van der Waals surface area contributed by atoms with Crippen molar-refractivity contribution in [3.05, 3.63) is 18.0 Å². The first kappa shape index (κ1) is 15.5. The standard InChI is InChI=1S/C12H17N5O3/c1-8(4-13)6-16(2)12(20)15-10(11(18)19)9-5-14-17(3)7-9/h5,7-8,10H,6H2,1-3H3,(H,15,20)(H,18,19). The molecule has 8 nitrogen and oxygen atoms in total. The molecule has 1 aromatic rings. The fraction of sp³-hybridized carbons (Fsp3) is 0.500. The van der Waals surface area contributed by atoms with Crippen molar-refractivity contribution in [1.82, 2.24) is 20.0 Å². The number of aryl methyl sites for hydroxylation is 1. The Labute approximate surface area is 116 Å². The maximum absolute atomic E-state index is 11.9. The minimum Gasteiger partial charge on any atom is -0.479 e. The normalized spacial score (nSPS) is 13.1. The van der Waals surface area contributed by atoms with Crippen LogP contribution in [0.2, 0.25) is 0 Å². The second-order valence-electron chi connectivity index (χ2n) is 4.58. The molecule has 20 heavy (non-hydrogen) atoms. The Kier molecular flexibility index (Phi) is 5.08. The fourth-order valence-corrected chi connectivity index (χ4v) is 1.65. The van der Waals surface area contributed by atoms with Crippen molar-refractivity contribution in [3.63, 3.8) is 0 Å². The van der Waals surface area contributed by atoms with Gasteiger partial charge in [0.2, 0.25) is 0 Å². The first-order valence-electron chi connectivity index (χ1n) is 5.97. The minimum absolute atomic E-state index is 0.224. The Bertz CT molecular complexity index is 533. The average molecular weight is 279 g/mol. The highest BCUT2D eigenvalue weighted by Gasteiger charge is 2.25. The molecule has 0 fully saturated rings. The highest BCUT2D eigenvalue weighted by atomic mass is 16.4. The zero-order valence-corrected chi connectivity index (χ0v) is 11.6. The van der Waals surface area contributed by atoms with Crippen LogP contribution in [0.1, 0.15) is 18.5 Å². The molecule has 0 aliphatic carbocycles. The number of amides is 2. The molecule has 0 bridgehead atoms. The van der Waals surface area contributed by atoms with Gasteiger partial charge in [-0.05, 0) is 6.92 Å². The van der Waals surface area contributed by atoms with E-state index in [0.29, 0.717) is 5.56 Å². The summed E-state index contributed by atoms with van der Waals surface area (Å²) in [5, 5.41) is 24.2. The van der Waals surface area contributed by atoms with Gasteiger partial charge in [-0.3, -0.25) is 4.68 Å². The summed E-state index contributed by atoms with van der Waals surface area (Å²) < 4.78 is 1.46. The lowest BCUT2D eigenvalue weighted by Crippen LogP contribution is -2.43. The molecule has 2 unspecified atom stereocenters. The predicted molar refractivity (Wildman–Crippen MR) is 69.5 cm³/mol. The van der Waals surface area contributed by atoms with Crippen LogP contribution in [0.15, 0.2) is 12.4 Å². The Hall–Kier alpha value is -2.56. The third-order valence-corrected chi connectivity index (χ3v) is 2.69. The highest BCUT2D eigenvalue weighted by molar-refractivity contribution is 5.83. The number of hydrogen-bond donors (Lipinski definition) is 2. The fourth-order valence-electron chi connectivity index (χ4n) is 1.65. The van der Waals surface area contributed by atoms with Crippen molar-refractivity contribution in [1.29, 1.82) is 5.26 Å². The lowest BCUT2D eigenvalue weighted by Gasteiger charge is -2.21. The van der Waals surface area contributed by atoms with Crippen LogP contribution in [-0.4, -0.2) is 45.4 Å². The second kappa shape index (κ2) is 6.56. The van der Waals surface area contributed by atoms with Gasteiger partial charge in [-0.25, -0.2) is 9.59 Å². The molecule has 2 amide bonds. The van der Waals surface area contributed by atoms with E-state index in [-0.39, 0.29) is 12.5 Å². The first-order valence-corrected chi connectivity index (χ1v) is 5.97. The molecule has 108 valence electrons. The van der Waals surface area contributed by atoms with Gasteiger partial charge in [0.1, 0.15) is 0 Å². The van der Waals surface area contributed by atoms with Crippen molar-refractivity contribution in [2.75, 3.05) is 13.6 Å². The molecule has 1 rings (SSSR count). The molecule has 0 aliphatic rings. The number of carbonyl (C=O) groups excluding carboxylic acids is 1. The topological polar surface area (TPSA) is 111 Å². The Morgan fingerprint density at radius 2 is 2.30 bits per heavy atom. The SMILES string of the molecule is CC(C#N)CN(C)C(=O)NC(C(=O)O)c1cnn(C)c1. The molecule has 0 saturated heterocycles. The molecular weight excluding hydrogens is 262 g/mol. The van der Waals surface area contributed by atoms with E-state index in [4.69, 9.17) is 5.26 Å². The Morgan fingerprint density at radius 3 is 2.75 bits per heavy atom. The summed E-state index contributed by atoms with van der Waals surface area (Å²) in [6.45, 7) is 1.90. The maximum Gasteiger partial charge on any atom is 0.331 e. The van der Waals surface area contributed by atoms with Crippen LogP contribution in [0.5, 0.6) is 0 Å². The number of nitrogens with zero attached hydrogens (tertiary/aromatic N) is 4. The van der Waals surface area contributed by atoms with E-state index in [1.165, 1.54) is 29.0 Å². The summed E-state index contributed by atoms with van der Waals surface area (Å²) >= 11 is 0. The van der Waals surface area contributed by atoms with Crippen LogP contribution in [-0.2, 0) is 11.8 Å². The van der Waals surface area contributed by atoms with Gasteiger partial charge < -0.3 is 15.3 Å². The molecule has 0 aromatic carbocycles. The van der Waals surface area contributed by atoms with Crippen LogP contribution < -0.4 is 5.32 Å². The quantitative estimate of drug-likeness (QED) is 0.807. The molecule has 2 atom stereocenters. The number of carboxylic acids is 1. The molecule has 0 spiro atoms. The van der Waals surface area contributed by atoms with Gasteiger partial charge in [0, 0.05) is 32.4 Å². The van der Waals surface area contributed by atoms with Crippen molar-refractivity contribution in [3.8, 4) is 6.07 Å². The third-order valence-electron chi connectivity index (χ3n) is 2.69. The number of nitrogens with one attached hydrogen (secondary N) is 1. The van der Waals surface area contributed by atoms with Gasteiger partial charge in [0.15, 0.2) is 6.04 Å². The van der Waals surface area contributed by atoms with Gasteiger partial charge in [0.25, 0.3) is 0 Å². The van der Waals surface area contributed by atoms with E-state index in [0.717, 1.165) is 0 Å². The van der Waals surface area contributed by atoms with Crippen LogP contribution >= 0.6 is 0 Å². The van der Waals surface area contributed by atoms with Crippen molar-refractivity contribution < 1.29 is 14.7 Å². The number of carboxylic acid groups (broad SMARTS) is 1. The molecule has 0 aliphatic heterocycles. The monoisotopic (exact) mass is 279 g/mol. The van der Waals surface area contributed by atoms with E-state index in [1.54, 1.807) is 14.0 Å². The number of carbonyl (C=O) groups is 2. The zero-order valence-electron chi connectivity index (χ0n) is 11.6. The third kappa shape index (κ3) is 3.98. The van der Waals surface area contributed by atoms with E-state index < -0.39 is 18.0 Å². The number of rotatable bonds is 5. The van der Waals surface area contributed by atoms with Gasteiger partial charge in [-0.2, -0.15) is 10.4 Å². The van der Waals surface area contributed by atoms with Gasteiger partial charge in [-0.1, -0.05) is 0 Å². The van der Waals surface area contributed by atoms with Gasteiger partial charge in [0.05, 0.1) is 18.2 Å². The summed E-state index contributed by atoms with van der Waals surface area (Å²) in [4.78, 5) is 24.4. The number of aliphatic carboxylic acids is 1. The lowest BCUT2D eigenvalue weighted by atomic mass is 10.1. The lowest BCUT2D eigenvalue weighted by molar-refractivity contribution is -0.139. The summed E-state index contributed by atoms with van der Waals surface area (Å²) in [6.07, 6.45) is 2.91. The van der Waals surface area contributed by atoms with E-state index >= 15 is 0 Å². The number of urea groups is 1. The summed E-state index contributed by atoms with van der Waals surface area (Å²) in [6, 6.07) is 0.288. The smallest absolute Gasteiger partial charge is 0.331 e. The maximum atomic E-state index is 11.9. The largest absolute Gasteiger partial charge is 0.479 e. The Balaban J connectivity index is 2.74. The van der Waals surface area contributed by atoms with E-state index in [9.17, 15) is 14.7 Å². The summed E-state index contributed by atoms with van der Waals surface area (Å²) in [5.74, 6) is -1.50. The van der Waals surface area contributed by atoms with Crippen LogP contribution in [0.4, 0.5) is 4.79 Å². The highest BCUT2D eigenvalue weighted by Crippen LogP contribution is 2.12. The number of hydrogen-bond acceptors (Lipinski definition) is 4. The van der Waals surface area contributed by atoms with Crippen molar-refractivity contribution in [2.24, 2.45) is 13.0 Å². The first-order chi connectivity index (χ1) is 9.35. The van der Waals surface area contributed by atoms with Gasteiger partial charge in [-0.15, -0.1) is 0 Å². The predicted octanol–water partition coefficient (Wildman–Crippen LogP) is 0.347. The second-order valence-corrected chi connectivity index (χ2v) is 4.58. The molecule has 1 heterocycles. The summed E-state index contributed by atoms with van der Waals surface area (Å²) in [5.41, 5.74) is 0.384. The minimum atomic E-state index is -1.17. The van der Waals surface area contributed by atoms with E-state index in [2.05, 4.69) is 10.4 Å². The number of aromatic nitrogens is 2. The van der Waals surface area contributed by atoms with Crippen LogP contribution in [0.3, 0.4) is 0 Å². The van der Waals surface area contributed by atoms with Crippen LogP contribution in [0, 0.1) is 17.2 Å². The molecular formula is C12H17N5O3. The molecule has 0 saturated carbocycles. The average Bonchev–Trinajstić information content (AvgIpc) is 2.81. The van der Waals surface area contributed by atoms with Crippen molar-refractivity contribution >= 4 is 12.0 Å². The van der Waals surface area contributed by atoms with Crippen LogP contribution in [0.25, 0.3) is 0 Å². The number of nitriles is 1. The molecule has 8 heteroatoms. The van der Waals surface area contributed by atoms with E-state index in [1.807, 2.05) is 6.07 Å². The van der Waals surface area contributed by atoms with Crippen molar-refractivity contribution in [2.45, 2.75) is 13.0 Å².